The number of hydrogen-bond acceptors (Lipinski definition) is 4. The first-order valence-electron chi connectivity index (χ1n) is 8.95. The molecule has 1 aliphatic rings. The molecule has 0 aromatic carbocycles. The van der Waals surface area contributed by atoms with Gasteiger partial charge >= 0.3 is 5.97 Å². The summed E-state index contributed by atoms with van der Waals surface area (Å²) in [4.78, 5) is 13.6. The van der Waals surface area contributed by atoms with E-state index in [-0.39, 0.29) is 5.97 Å². The van der Waals surface area contributed by atoms with Crippen molar-refractivity contribution in [1.82, 2.24) is 5.32 Å². The predicted octanol–water partition coefficient (Wildman–Crippen LogP) is 4.67. The first-order chi connectivity index (χ1) is 11.7. The molecule has 0 radical (unpaired) electrons. The van der Waals surface area contributed by atoms with E-state index in [1.54, 1.807) is 11.3 Å². The largest absolute Gasteiger partial charge is 0.465 e. The van der Waals surface area contributed by atoms with Gasteiger partial charge in [0, 0.05) is 11.4 Å². The van der Waals surface area contributed by atoms with Gasteiger partial charge in [0.2, 0.25) is 0 Å². The van der Waals surface area contributed by atoms with Gasteiger partial charge in [-0.25, -0.2) is 4.79 Å². The Morgan fingerprint density at radius 3 is 2.75 bits per heavy atom. The van der Waals surface area contributed by atoms with E-state index in [2.05, 4.69) is 17.6 Å². The number of hydrogen-bond donors (Lipinski definition) is 2. The van der Waals surface area contributed by atoms with Crippen molar-refractivity contribution in [2.75, 3.05) is 19.0 Å². The van der Waals surface area contributed by atoms with Crippen LogP contribution in [0.25, 0.3) is 0 Å². The fraction of sp³-hybridized carbons (Fsp3) is 0.667. The van der Waals surface area contributed by atoms with Gasteiger partial charge in [-0.2, -0.15) is 0 Å². The molecule has 0 unspecified atom stereocenters. The molecule has 0 amide bonds. The van der Waals surface area contributed by atoms with Crippen molar-refractivity contribution in [2.24, 2.45) is 0 Å². The fourth-order valence-electron chi connectivity index (χ4n) is 3.05. The molecule has 0 atom stereocenters. The molecule has 2 rings (SSSR count). The van der Waals surface area contributed by atoms with Gasteiger partial charge in [0.25, 0.3) is 0 Å². The van der Waals surface area contributed by atoms with E-state index >= 15 is 0 Å². The molecule has 0 saturated heterocycles. The maximum atomic E-state index is 12.3. The lowest BCUT2D eigenvalue weighted by Gasteiger charge is -2.11. The standard InChI is InChI=1S/C18H28N2O2S2/c1-3-4-5-9-12-19-18(23)20-16-15(17(21)22-2)13-10-7-6-8-11-14(13)24-16/h3-12H2,1-2H3,(H2,19,20,23). The Morgan fingerprint density at radius 2 is 2.00 bits per heavy atom. The van der Waals surface area contributed by atoms with Gasteiger partial charge in [0.05, 0.1) is 12.7 Å². The molecule has 0 saturated carbocycles. The lowest BCUT2D eigenvalue weighted by molar-refractivity contribution is 0.0601. The average molecular weight is 369 g/mol. The highest BCUT2D eigenvalue weighted by atomic mass is 32.1. The molecule has 4 nitrogen and oxygen atoms in total. The van der Waals surface area contributed by atoms with Gasteiger partial charge in [-0.3, -0.25) is 0 Å². The number of ether oxygens (including phenoxy) is 1. The number of fused-ring (bicyclic) bond motifs is 1. The third kappa shape index (κ3) is 5.18. The topological polar surface area (TPSA) is 50.4 Å². The van der Waals surface area contributed by atoms with Crippen molar-refractivity contribution in [2.45, 2.75) is 64.7 Å². The van der Waals surface area contributed by atoms with Crippen LogP contribution in [0.2, 0.25) is 0 Å². The van der Waals surface area contributed by atoms with Crippen LogP contribution in [0.1, 0.15) is 72.7 Å². The second-order valence-corrected chi connectivity index (χ2v) is 7.72. The summed E-state index contributed by atoms with van der Waals surface area (Å²) in [7, 11) is 1.44. The number of thiophene rings is 1. The lowest BCUT2D eigenvalue weighted by Crippen LogP contribution is -2.29. The molecule has 1 aromatic heterocycles. The fourth-order valence-corrected chi connectivity index (χ4v) is 4.60. The van der Waals surface area contributed by atoms with Crippen LogP contribution in [0.4, 0.5) is 5.00 Å². The summed E-state index contributed by atoms with van der Waals surface area (Å²) in [5, 5.41) is 7.90. The zero-order valence-electron chi connectivity index (χ0n) is 14.7. The van der Waals surface area contributed by atoms with Crippen LogP contribution >= 0.6 is 23.6 Å². The summed E-state index contributed by atoms with van der Waals surface area (Å²) < 4.78 is 5.01. The second kappa shape index (κ2) is 9.99. The summed E-state index contributed by atoms with van der Waals surface area (Å²) in [6, 6.07) is 0. The van der Waals surface area contributed by atoms with Crippen molar-refractivity contribution >= 4 is 39.6 Å². The SMILES string of the molecule is CCCCCCNC(=S)Nc1sc2c(c1C(=O)OC)CCCCC2. The Balaban J connectivity index is 2.03. The third-order valence-corrected chi connectivity index (χ3v) is 5.81. The maximum Gasteiger partial charge on any atom is 0.341 e. The molecule has 0 bridgehead atoms. The molecule has 0 fully saturated rings. The number of thiocarbonyl (C=S) groups is 1. The highest BCUT2D eigenvalue weighted by molar-refractivity contribution is 7.80. The number of anilines is 1. The molecule has 1 heterocycles. The number of carbonyl (C=O) groups is 1. The van der Waals surface area contributed by atoms with Gasteiger partial charge < -0.3 is 15.4 Å². The minimum Gasteiger partial charge on any atom is -0.465 e. The van der Waals surface area contributed by atoms with E-state index < -0.39 is 0 Å². The van der Waals surface area contributed by atoms with Crippen molar-refractivity contribution in [3.05, 3.63) is 16.0 Å². The van der Waals surface area contributed by atoms with Crippen LogP contribution in [0.15, 0.2) is 0 Å². The van der Waals surface area contributed by atoms with Crippen LogP contribution in [0.3, 0.4) is 0 Å². The Kier molecular flexibility index (Phi) is 7.99. The summed E-state index contributed by atoms with van der Waals surface area (Å²) >= 11 is 7.05. The molecule has 134 valence electrons. The van der Waals surface area contributed by atoms with Crippen molar-refractivity contribution < 1.29 is 9.53 Å². The van der Waals surface area contributed by atoms with Crippen LogP contribution in [0, 0.1) is 0 Å². The summed E-state index contributed by atoms with van der Waals surface area (Å²) in [6.45, 7) is 3.07. The zero-order valence-corrected chi connectivity index (χ0v) is 16.3. The number of carbonyl (C=O) groups excluding carboxylic acids is 1. The normalized spacial score (nSPS) is 13.8. The van der Waals surface area contributed by atoms with Crippen LogP contribution < -0.4 is 10.6 Å². The van der Waals surface area contributed by atoms with E-state index in [4.69, 9.17) is 17.0 Å². The molecule has 24 heavy (non-hydrogen) atoms. The maximum absolute atomic E-state index is 12.3. The van der Waals surface area contributed by atoms with Crippen molar-refractivity contribution in [1.29, 1.82) is 0 Å². The van der Waals surface area contributed by atoms with Crippen LogP contribution in [0.5, 0.6) is 0 Å². The van der Waals surface area contributed by atoms with E-state index in [1.165, 1.54) is 44.1 Å². The minimum absolute atomic E-state index is 0.261. The number of unbranched alkanes of at least 4 members (excludes halogenated alkanes) is 3. The van der Waals surface area contributed by atoms with Gasteiger partial charge in [-0.1, -0.05) is 32.6 Å². The number of methoxy groups -OCH3 is 1. The Labute approximate surface area is 154 Å². The van der Waals surface area contributed by atoms with E-state index in [9.17, 15) is 4.79 Å². The highest BCUT2D eigenvalue weighted by Crippen LogP contribution is 2.37. The Bertz CT molecular complexity index is 570. The summed E-state index contributed by atoms with van der Waals surface area (Å²) in [6.07, 6.45) is 10.4. The summed E-state index contributed by atoms with van der Waals surface area (Å²) in [5.41, 5.74) is 1.85. The van der Waals surface area contributed by atoms with E-state index in [1.807, 2.05) is 0 Å². The molecule has 6 heteroatoms. The van der Waals surface area contributed by atoms with Gasteiger partial charge in [0.1, 0.15) is 5.00 Å². The second-order valence-electron chi connectivity index (χ2n) is 6.20. The molecular weight excluding hydrogens is 340 g/mol. The predicted molar refractivity (Wildman–Crippen MR) is 105 cm³/mol. The zero-order chi connectivity index (χ0) is 17.4. The number of rotatable bonds is 7. The molecule has 0 aliphatic heterocycles. The number of nitrogens with one attached hydrogen (secondary N) is 2. The monoisotopic (exact) mass is 368 g/mol. The van der Waals surface area contributed by atoms with E-state index in [0.717, 1.165) is 42.8 Å². The first-order valence-corrected chi connectivity index (χ1v) is 10.2. The van der Waals surface area contributed by atoms with Crippen molar-refractivity contribution in [3.8, 4) is 0 Å². The Hall–Kier alpha value is -1.14. The Morgan fingerprint density at radius 1 is 1.21 bits per heavy atom. The van der Waals surface area contributed by atoms with Crippen LogP contribution in [-0.2, 0) is 17.6 Å². The minimum atomic E-state index is -0.261. The number of aryl methyl sites for hydroxylation is 1. The molecule has 1 aliphatic carbocycles. The number of esters is 1. The van der Waals surface area contributed by atoms with Crippen molar-refractivity contribution in [3.63, 3.8) is 0 Å². The molecule has 2 N–H and O–H groups in total. The average Bonchev–Trinajstić information content (AvgIpc) is 2.75. The van der Waals surface area contributed by atoms with Crippen LogP contribution in [-0.4, -0.2) is 24.7 Å². The highest BCUT2D eigenvalue weighted by Gasteiger charge is 2.25. The smallest absolute Gasteiger partial charge is 0.341 e. The van der Waals surface area contributed by atoms with E-state index in [0.29, 0.717) is 10.7 Å². The third-order valence-electron chi connectivity index (χ3n) is 4.35. The quantitative estimate of drug-likeness (QED) is 0.317. The van der Waals surface area contributed by atoms with Gasteiger partial charge in [-0.15, -0.1) is 11.3 Å². The van der Waals surface area contributed by atoms with Gasteiger partial charge in [0.15, 0.2) is 5.11 Å². The van der Waals surface area contributed by atoms with Gasteiger partial charge in [-0.05, 0) is 49.9 Å². The molecular formula is C18H28N2O2S2. The molecule has 1 aromatic rings. The molecule has 0 spiro atoms. The summed E-state index contributed by atoms with van der Waals surface area (Å²) in [5.74, 6) is -0.261. The first kappa shape index (κ1) is 19.2. The lowest BCUT2D eigenvalue weighted by atomic mass is 10.1.